The molecule has 70 valence electrons. The van der Waals surface area contributed by atoms with E-state index in [2.05, 4.69) is 17.3 Å². The van der Waals surface area contributed by atoms with Gasteiger partial charge in [-0.2, -0.15) is 0 Å². The van der Waals surface area contributed by atoms with E-state index in [0.717, 1.165) is 12.1 Å². The van der Waals surface area contributed by atoms with Crippen molar-refractivity contribution in [3.63, 3.8) is 0 Å². The van der Waals surface area contributed by atoms with Crippen molar-refractivity contribution in [2.75, 3.05) is 20.1 Å². The molecule has 0 bridgehead atoms. The smallest absolute Gasteiger partial charge is 0.0110 e. The van der Waals surface area contributed by atoms with Crippen molar-refractivity contribution >= 4 is 0 Å². The van der Waals surface area contributed by atoms with Crippen molar-refractivity contribution in [1.82, 2.24) is 10.2 Å². The third kappa shape index (κ3) is 1.64. The van der Waals surface area contributed by atoms with E-state index in [1.54, 1.807) is 0 Å². The largest absolute Gasteiger partial charge is 0.317 e. The molecule has 2 rings (SSSR count). The molecule has 12 heavy (non-hydrogen) atoms. The molecule has 0 aromatic carbocycles. The van der Waals surface area contributed by atoms with E-state index in [-0.39, 0.29) is 0 Å². The molecule has 2 nitrogen and oxygen atoms in total. The van der Waals surface area contributed by atoms with Crippen LogP contribution in [0.1, 0.15) is 32.1 Å². The lowest BCUT2D eigenvalue weighted by atomic mass is 9.90. The Morgan fingerprint density at radius 3 is 2.92 bits per heavy atom. The lowest BCUT2D eigenvalue weighted by Gasteiger charge is -2.42. The van der Waals surface area contributed by atoms with Crippen LogP contribution >= 0.6 is 0 Å². The van der Waals surface area contributed by atoms with Crippen LogP contribution in [0.4, 0.5) is 0 Å². The summed E-state index contributed by atoms with van der Waals surface area (Å²) in [5.74, 6) is 0. The highest BCUT2D eigenvalue weighted by molar-refractivity contribution is 4.86. The maximum absolute atomic E-state index is 3.41. The maximum Gasteiger partial charge on any atom is 0.0110 e. The van der Waals surface area contributed by atoms with Gasteiger partial charge in [-0.25, -0.2) is 0 Å². The zero-order valence-electron chi connectivity index (χ0n) is 8.05. The number of nitrogens with one attached hydrogen (secondary N) is 1. The van der Waals surface area contributed by atoms with E-state index in [4.69, 9.17) is 0 Å². The molecule has 0 saturated carbocycles. The minimum Gasteiger partial charge on any atom is -0.317 e. The molecule has 2 aliphatic heterocycles. The second-order valence-corrected chi connectivity index (χ2v) is 4.20. The van der Waals surface area contributed by atoms with Crippen molar-refractivity contribution < 1.29 is 0 Å². The number of nitrogens with zero attached hydrogens (tertiary/aromatic N) is 1. The summed E-state index contributed by atoms with van der Waals surface area (Å²) >= 11 is 0. The van der Waals surface area contributed by atoms with Gasteiger partial charge in [-0.15, -0.1) is 0 Å². The highest BCUT2D eigenvalue weighted by atomic mass is 15.2. The Morgan fingerprint density at radius 1 is 1.17 bits per heavy atom. The first-order chi connectivity index (χ1) is 5.90. The van der Waals surface area contributed by atoms with Gasteiger partial charge in [0.2, 0.25) is 0 Å². The average Bonchev–Trinajstić information content (AvgIpc) is 2.17. The predicted molar refractivity (Wildman–Crippen MR) is 51.3 cm³/mol. The van der Waals surface area contributed by atoms with Gasteiger partial charge in [-0.3, -0.25) is 0 Å². The molecule has 1 N–H and O–H groups in total. The van der Waals surface area contributed by atoms with Crippen LogP contribution in [-0.4, -0.2) is 37.1 Å². The van der Waals surface area contributed by atoms with Crippen molar-refractivity contribution in [1.29, 1.82) is 0 Å². The van der Waals surface area contributed by atoms with Gasteiger partial charge in [0, 0.05) is 12.1 Å². The van der Waals surface area contributed by atoms with Crippen LogP contribution in [0.5, 0.6) is 0 Å². The summed E-state index contributed by atoms with van der Waals surface area (Å²) in [6, 6.07) is 1.70. The molecule has 0 radical (unpaired) electrons. The van der Waals surface area contributed by atoms with Crippen LogP contribution in [0, 0.1) is 0 Å². The fraction of sp³-hybridized carbons (Fsp3) is 1.00. The minimum absolute atomic E-state index is 0.796. The van der Waals surface area contributed by atoms with Crippen molar-refractivity contribution in [2.45, 2.75) is 44.2 Å². The normalized spacial score (nSPS) is 37.8. The fourth-order valence-electron chi connectivity index (χ4n) is 2.65. The van der Waals surface area contributed by atoms with Gasteiger partial charge in [0.05, 0.1) is 0 Å². The van der Waals surface area contributed by atoms with Gasteiger partial charge in [-0.05, 0) is 45.8 Å². The van der Waals surface area contributed by atoms with E-state index in [1.807, 2.05) is 0 Å². The lowest BCUT2D eigenvalue weighted by Crippen LogP contribution is -2.49. The summed E-state index contributed by atoms with van der Waals surface area (Å²) < 4.78 is 0. The highest BCUT2D eigenvalue weighted by Crippen LogP contribution is 2.25. The Kier molecular flexibility index (Phi) is 2.66. The quantitative estimate of drug-likeness (QED) is 0.633. The Hall–Kier alpha value is -0.0800. The first kappa shape index (κ1) is 8.52. The highest BCUT2D eigenvalue weighted by Gasteiger charge is 2.28. The fourth-order valence-corrected chi connectivity index (χ4v) is 2.65. The summed E-state index contributed by atoms with van der Waals surface area (Å²) in [4.78, 5) is 2.69. The molecule has 0 aromatic rings. The maximum atomic E-state index is 3.41. The zero-order chi connectivity index (χ0) is 8.39. The van der Waals surface area contributed by atoms with E-state index >= 15 is 0 Å². The molecule has 2 atom stereocenters. The SMILES string of the molecule is CNC1CCN2CCCCC2C1. The molecule has 2 fully saturated rings. The molecule has 0 spiro atoms. The first-order valence-electron chi connectivity index (χ1n) is 5.31. The average molecular weight is 168 g/mol. The van der Waals surface area contributed by atoms with Crippen LogP contribution in [0.2, 0.25) is 0 Å². The molecule has 2 heterocycles. The predicted octanol–water partition coefficient (Wildman–Crippen LogP) is 1.22. The van der Waals surface area contributed by atoms with Gasteiger partial charge < -0.3 is 10.2 Å². The molecule has 2 saturated heterocycles. The van der Waals surface area contributed by atoms with E-state index < -0.39 is 0 Å². The molecular weight excluding hydrogens is 148 g/mol. The first-order valence-corrected chi connectivity index (χ1v) is 5.31. The number of rotatable bonds is 1. The number of hydrogen-bond acceptors (Lipinski definition) is 2. The van der Waals surface area contributed by atoms with Gasteiger partial charge in [0.25, 0.3) is 0 Å². The Morgan fingerprint density at radius 2 is 2.08 bits per heavy atom. The topological polar surface area (TPSA) is 15.3 Å². The van der Waals surface area contributed by atoms with Crippen LogP contribution in [-0.2, 0) is 0 Å². The van der Waals surface area contributed by atoms with Crippen molar-refractivity contribution in [3.05, 3.63) is 0 Å². The van der Waals surface area contributed by atoms with Gasteiger partial charge in [-0.1, -0.05) is 6.42 Å². The molecule has 0 aliphatic carbocycles. The Labute approximate surface area is 75.3 Å². The molecule has 2 aliphatic rings. The van der Waals surface area contributed by atoms with Crippen LogP contribution in [0.25, 0.3) is 0 Å². The Balaban J connectivity index is 1.90. The number of fused-ring (bicyclic) bond motifs is 1. The molecule has 0 amide bonds. The summed E-state index contributed by atoms with van der Waals surface area (Å²) in [6.07, 6.45) is 7.07. The standard InChI is InChI=1S/C10H20N2/c1-11-9-5-7-12-6-3-2-4-10(12)8-9/h9-11H,2-8H2,1H3. The van der Waals surface area contributed by atoms with Gasteiger partial charge in [0.1, 0.15) is 0 Å². The summed E-state index contributed by atoms with van der Waals surface area (Å²) in [7, 11) is 2.10. The second kappa shape index (κ2) is 3.75. The van der Waals surface area contributed by atoms with Crippen molar-refractivity contribution in [3.8, 4) is 0 Å². The molecule has 2 heteroatoms. The van der Waals surface area contributed by atoms with E-state index in [0.29, 0.717) is 0 Å². The molecular formula is C10H20N2. The minimum atomic E-state index is 0.796. The zero-order valence-corrected chi connectivity index (χ0v) is 8.05. The number of hydrogen-bond donors (Lipinski definition) is 1. The van der Waals surface area contributed by atoms with Crippen molar-refractivity contribution in [2.24, 2.45) is 0 Å². The molecule has 2 unspecified atom stereocenters. The summed E-state index contributed by atoms with van der Waals surface area (Å²) in [6.45, 7) is 2.69. The van der Waals surface area contributed by atoms with Gasteiger partial charge in [0.15, 0.2) is 0 Å². The molecule has 0 aromatic heterocycles. The number of piperidine rings is 2. The lowest BCUT2D eigenvalue weighted by molar-refractivity contribution is 0.0919. The van der Waals surface area contributed by atoms with E-state index in [1.165, 1.54) is 45.2 Å². The summed E-state index contributed by atoms with van der Waals surface area (Å²) in [5.41, 5.74) is 0. The van der Waals surface area contributed by atoms with Crippen LogP contribution in [0.15, 0.2) is 0 Å². The van der Waals surface area contributed by atoms with Crippen LogP contribution in [0.3, 0.4) is 0 Å². The Bertz CT molecular complexity index is 147. The van der Waals surface area contributed by atoms with Gasteiger partial charge >= 0.3 is 0 Å². The van der Waals surface area contributed by atoms with E-state index in [9.17, 15) is 0 Å². The monoisotopic (exact) mass is 168 g/mol. The third-order valence-corrected chi connectivity index (χ3v) is 3.48. The van der Waals surface area contributed by atoms with Crippen LogP contribution < -0.4 is 5.32 Å². The second-order valence-electron chi connectivity index (χ2n) is 4.20. The summed E-state index contributed by atoms with van der Waals surface area (Å²) in [5, 5.41) is 3.41. The third-order valence-electron chi connectivity index (χ3n) is 3.48.